The van der Waals surface area contributed by atoms with Gasteiger partial charge in [-0.3, -0.25) is 9.69 Å². The zero-order chi connectivity index (χ0) is 13.5. The van der Waals surface area contributed by atoms with Gasteiger partial charge in [0.2, 0.25) is 5.91 Å². The van der Waals surface area contributed by atoms with Crippen LogP contribution >= 0.6 is 0 Å². The molecule has 1 aromatic carbocycles. The second-order valence-corrected chi connectivity index (χ2v) is 5.14. The summed E-state index contributed by atoms with van der Waals surface area (Å²) in [4.78, 5) is 14.1. The van der Waals surface area contributed by atoms with Gasteiger partial charge in [0.05, 0.1) is 6.54 Å². The molecule has 0 aliphatic carbocycles. The lowest BCUT2D eigenvalue weighted by molar-refractivity contribution is -0.122. The smallest absolute Gasteiger partial charge is 0.234 e. The minimum atomic E-state index is 0.113. The quantitative estimate of drug-likeness (QED) is 0.846. The third-order valence-electron chi connectivity index (χ3n) is 3.41. The Morgan fingerprint density at radius 3 is 2.84 bits per heavy atom. The molecule has 0 unspecified atom stereocenters. The van der Waals surface area contributed by atoms with E-state index in [0.29, 0.717) is 13.1 Å². The highest BCUT2D eigenvalue weighted by molar-refractivity contribution is 5.78. The predicted octanol–water partition coefficient (Wildman–Crippen LogP) is 0.907. The van der Waals surface area contributed by atoms with E-state index in [2.05, 4.69) is 46.7 Å². The van der Waals surface area contributed by atoms with E-state index in [1.165, 1.54) is 5.56 Å². The number of rotatable bonds is 4. The molecule has 4 nitrogen and oxygen atoms in total. The van der Waals surface area contributed by atoms with E-state index in [4.69, 9.17) is 0 Å². The number of carbonyl (C=O) groups excluding carboxylic acids is 1. The van der Waals surface area contributed by atoms with Gasteiger partial charge in [0, 0.05) is 19.6 Å². The van der Waals surface area contributed by atoms with Crippen molar-refractivity contribution < 1.29 is 4.79 Å². The van der Waals surface area contributed by atoms with Crippen LogP contribution < -0.4 is 10.6 Å². The average Bonchev–Trinajstić information content (AvgIpc) is 2.67. The second kappa shape index (κ2) is 7.26. The van der Waals surface area contributed by atoms with Crippen LogP contribution in [0.3, 0.4) is 0 Å². The lowest BCUT2D eigenvalue weighted by Gasteiger charge is -2.18. The van der Waals surface area contributed by atoms with Crippen molar-refractivity contribution in [1.82, 2.24) is 15.5 Å². The topological polar surface area (TPSA) is 44.4 Å². The fraction of sp³-hybridized carbons (Fsp3) is 0.533. The number of benzene rings is 1. The molecule has 1 fully saturated rings. The number of carbonyl (C=O) groups is 1. The first-order valence-corrected chi connectivity index (χ1v) is 6.99. The number of aryl methyl sites for hydroxylation is 1. The zero-order valence-electron chi connectivity index (χ0n) is 11.6. The maximum Gasteiger partial charge on any atom is 0.234 e. The summed E-state index contributed by atoms with van der Waals surface area (Å²) < 4.78 is 0. The number of hydrogen-bond donors (Lipinski definition) is 2. The molecule has 0 spiro atoms. The van der Waals surface area contributed by atoms with Crippen molar-refractivity contribution in [3.05, 3.63) is 35.4 Å². The number of nitrogens with zero attached hydrogens (tertiary/aromatic N) is 1. The van der Waals surface area contributed by atoms with Crippen molar-refractivity contribution in [3.63, 3.8) is 0 Å². The fourth-order valence-corrected chi connectivity index (χ4v) is 2.23. The Bertz CT molecular complexity index is 394. The number of hydrogen-bond acceptors (Lipinski definition) is 3. The molecule has 1 saturated heterocycles. The van der Waals surface area contributed by atoms with Gasteiger partial charge in [0.15, 0.2) is 0 Å². The van der Waals surface area contributed by atoms with Gasteiger partial charge in [-0.2, -0.15) is 0 Å². The van der Waals surface area contributed by atoms with Crippen LogP contribution in [0.4, 0.5) is 0 Å². The Morgan fingerprint density at radius 2 is 2.05 bits per heavy atom. The average molecular weight is 261 g/mol. The van der Waals surface area contributed by atoms with Crippen LogP contribution in [0, 0.1) is 6.92 Å². The first kappa shape index (κ1) is 14.0. The molecule has 4 heteroatoms. The van der Waals surface area contributed by atoms with Gasteiger partial charge in [-0.1, -0.05) is 29.8 Å². The summed E-state index contributed by atoms with van der Waals surface area (Å²) in [7, 11) is 0. The molecule has 2 rings (SSSR count). The maximum absolute atomic E-state index is 11.9. The molecular formula is C15H23N3O. The van der Waals surface area contributed by atoms with Gasteiger partial charge >= 0.3 is 0 Å². The standard InChI is InChI=1S/C15H23N3O/c1-13-3-5-14(6-4-13)11-17-15(19)12-18-9-2-7-16-8-10-18/h3-6,16H,2,7-12H2,1H3,(H,17,19). The summed E-state index contributed by atoms with van der Waals surface area (Å²) >= 11 is 0. The van der Waals surface area contributed by atoms with Gasteiger partial charge in [-0.15, -0.1) is 0 Å². The van der Waals surface area contributed by atoms with Gasteiger partial charge in [0.1, 0.15) is 0 Å². The van der Waals surface area contributed by atoms with Gasteiger partial charge in [-0.25, -0.2) is 0 Å². The monoisotopic (exact) mass is 261 g/mol. The summed E-state index contributed by atoms with van der Waals surface area (Å²) in [5.41, 5.74) is 2.39. The van der Waals surface area contributed by atoms with Gasteiger partial charge in [0.25, 0.3) is 0 Å². The van der Waals surface area contributed by atoms with E-state index in [9.17, 15) is 4.79 Å². The normalized spacial score (nSPS) is 16.9. The molecule has 1 heterocycles. The third-order valence-corrected chi connectivity index (χ3v) is 3.41. The van der Waals surface area contributed by atoms with E-state index in [1.54, 1.807) is 0 Å². The van der Waals surface area contributed by atoms with E-state index in [1.807, 2.05) is 0 Å². The highest BCUT2D eigenvalue weighted by atomic mass is 16.2. The summed E-state index contributed by atoms with van der Waals surface area (Å²) in [6.07, 6.45) is 1.12. The van der Waals surface area contributed by atoms with Crippen LogP contribution in [-0.4, -0.2) is 43.5 Å². The summed E-state index contributed by atoms with van der Waals surface area (Å²) in [6, 6.07) is 8.26. The summed E-state index contributed by atoms with van der Waals surface area (Å²) in [6.45, 7) is 7.18. The second-order valence-electron chi connectivity index (χ2n) is 5.14. The van der Waals surface area contributed by atoms with Crippen molar-refractivity contribution in [1.29, 1.82) is 0 Å². The Balaban J connectivity index is 1.73. The van der Waals surface area contributed by atoms with Gasteiger partial charge in [-0.05, 0) is 32.0 Å². The van der Waals surface area contributed by atoms with E-state index in [0.717, 1.165) is 38.2 Å². The molecule has 1 aliphatic heterocycles. The van der Waals surface area contributed by atoms with E-state index in [-0.39, 0.29) is 5.91 Å². The molecule has 1 aliphatic rings. The Kier molecular flexibility index (Phi) is 5.36. The van der Waals surface area contributed by atoms with Crippen LogP contribution in [0.2, 0.25) is 0 Å². The number of amides is 1. The lowest BCUT2D eigenvalue weighted by Crippen LogP contribution is -2.38. The van der Waals surface area contributed by atoms with Crippen molar-refractivity contribution in [3.8, 4) is 0 Å². The molecule has 0 bridgehead atoms. The Labute approximate surface area is 115 Å². The molecule has 19 heavy (non-hydrogen) atoms. The van der Waals surface area contributed by atoms with Crippen molar-refractivity contribution in [2.24, 2.45) is 0 Å². The molecule has 2 N–H and O–H groups in total. The minimum Gasteiger partial charge on any atom is -0.351 e. The summed E-state index contributed by atoms with van der Waals surface area (Å²) in [5.74, 6) is 0.113. The molecule has 104 valence electrons. The maximum atomic E-state index is 11.9. The van der Waals surface area contributed by atoms with Crippen molar-refractivity contribution in [2.45, 2.75) is 19.9 Å². The summed E-state index contributed by atoms with van der Waals surface area (Å²) in [5, 5.41) is 6.33. The largest absolute Gasteiger partial charge is 0.351 e. The van der Waals surface area contributed by atoms with Gasteiger partial charge < -0.3 is 10.6 Å². The molecule has 0 saturated carbocycles. The predicted molar refractivity (Wildman–Crippen MR) is 77.0 cm³/mol. The van der Waals surface area contributed by atoms with Crippen LogP contribution in [0.5, 0.6) is 0 Å². The van der Waals surface area contributed by atoms with Crippen LogP contribution in [0.15, 0.2) is 24.3 Å². The fourth-order valence-electron chi connectivity index (χ4n) is 2.23. The van der Waals surface area contributed by atoms with Crippen molar-refractivity contribution >= 4 is 5.91 Å². The highest BCUT2D eigenvalue weighted by Gasteiger charge is 2.12. The van der Waals surface area contributed by atoms with Crippen LogP contribution in [0.1, 0.15) is 17.5 Å². The third kappa shape index (κ3) is 5.01. The first-order chi connectivity index (χ1) is 9.24. The van der Waals surface area contributed by atoms with Crippen LogP contribution in [-0.2, 0) is 11.3 Å². The number of nitrogens with one attached hydrogen (secondary N) is 2. The van der Waals surface area contributed by atoms with E-state index < -0.39 is 0 Å². The SMILES string of the molecule is Cc1ccc(CNC(=O)CN2CCCNCC2)cc1. The van der Waals surface area contributed by atoms with E-state index >= 15 is 0 Å². The highest BCUT2D eigenvalue weighted by Crippen LogP contribution is 2.02. The Hall–Kier alpha value is -1.39. The molecule has 1 aromatic rings. The molecule has 0 aromatic heterocycles. The first-order valence-electron chi connectivity index (χ1n) is 6.99. The molecular weight excluding hydrogens is 238 g/mol. The van der Waals surface area contributed by atoms with Crippen molar-refractivity contribution in [2.75, 3.05) is 32.7 Å². The molecule has 0 radical (unpaired) electrons. The zero-order valence-corrected chi connectivity index (χ0v) is 11.6. The van der Waals surface area contributed by atoms with Crippen LogP contribution in [0.25, 0.3) is 0 Å². The lowest BCUT2D eigenvalue weighted by atomic mass is 10.1. The minimum absolute atomic E-state index is 0.113. The molecule has 1 amide bonds. The Morgan fingerprint density at radius 1 is 1.26 bits per heavy atom. The molecule has 0 atom stereocenters.